The number of benzene rings is 1. The maximum absolute atomic E-state index is 12.3. The fraction of sp³-hybridized carbons (Fsp3) is 0.632. The van der Waals surface area contributed by atoms with E-state index in [9.17, 15) is 4.79 Å². The Bertz CT molecular complexity index is 524. The van der Waals surface area contributed by atoms with E-state index >= 15 is 0 Å². The Morgan fingerprint density at radius 2 is 1.70 bits per heavy atom. The van der Waals surface area contributed by atoms with Gasteiger partial charge >= 0.3 is 6.09 Å². The van der Waals surface area contributed by atoms with E-state index in [-0.39, 0.29) is 6.09 Å². The molecule has 23 heavy (non-hydrogen) atoms. The first-order chi connectivity index (χ1) is 10.9. The molecule has 2 saturated heterocycles. The molecule has 0 spiro atoms. The second-order valence-corrected chi connectivity index (χ2v) is 8.03. The van der Waals surface area contributed by atoms with E-state index in [2.05, 4.69) is 35.2 Å². The Balaban J connectivity index is 1.57. The Kier molecular flexibility index (Phi) is 4.62. The Morgan fingerprint density at radius 1 is 1.09 bits per heavy atom. The monoisotopic (exact) mass is 316 g/mol. The van der Waals surface area contributed by atoms with Crippen LogP contribution in [0.1, 0.15) is 32.8 Å². The number of nitrogens with zero attached hydrogens (tertiary/aromatic N) is 2. The van der Waals surface area contributed by atoms with E-state index in [1.807, 2.05) is 25.7 Å². The summed E-state index contributed by atoms with van der Waals surface area (Å²) in [5.74, 6) is 1.14. The normalized spacial score (nSPS) is 25.3. The van der Waals surface area contributed by atoms with Crippen molar-refractivity contribution in [1.82, 2.24) is 9.80 Å². The molecule has 1 amide bonds. The summed E-state index contributed by atoms with van der Waals surface area (Å²) < 4.78 is 5.54. The van der Waals surface area contributed by atoms with Crippen molar-refractivity contribution >= 4 is 6.09 Å². The molecule has 1 aromatic rings. The summed E-state index contributed by atoms with van der Waals surface area (Å²) in [7, 11) is 0. The summed E-state index contributed by atoms with van der Waals surface area (Å²) >= 11 is 0. The van der Waals surface area contributed by atoms with Gasteiger partial charge in [0.1, 0.15) is 5.60 Å². The lowest BCUT2D eigenvalue weighted by molar-refractivity contribution is -0.0108. The van der Waals surface area contributed by atoms with Gasteiger partial charge in [-0.2, -0.15) is 0 Å². The lowest BCUT2D eigenvalue weighted by Gasteiger charge is -2.45. The number of piperidine rings is 2. The molecule has 0 N–H and O–H groups in total. The molecule has 0 radical (unpaired) electrons. The fourth-order valence-electron chi connectivity index (χ4n) is 3.83. The summed E-state index contributed by atoms with van der Waals surface area (Å²) in [4.78, 5) is 16.8. The standard InChI is InChI=1S/C19H28N2O2/c1-19(2,3)23-18(22)21-13-16-9-17(14-21)12-20(11-16)10-15-7-5-4-6-8-15/h4-8,16-17H,9-14H2,1-3H3/t16-,17+. The zero-order chi connectivity index (χ0) is 16.4. The van der Waals surface area contributed by atoms with Crippen molar-refractivity contribution in [3.05, 3.63) is 35.9 Å². The quantitative estimate of drug-likeness (QED) is 0.838. The largest absolute Gasteiger partial charge is 0.444 e. The lowest BCUT2D eigenvalue weighted by atomic mass is 9.84. The van der Waals surface area contributed by atoms with Gasteiger partial charge in [0, 0.05) is 32.7 Å². The third-order valence-electron chi connectivity index (χ3n) is 4.56. The number of carbonyl (C=O) groups excluding carboxylic acids is 1. The van der Waals surface area contributed by atoms with E-state index in [4.69, 9.17) is 4.74 Å². The van der Waals surface area contributed by atoms with Crippen LogP contribution < -0.4 is 0 Å². The van der Waals surface area contributed by atoms with Gasteiger partial charge in [-0.05, 0) is 44.6 Å². The van der Waals surface area contributed by atoms with Gasteiger partial charge in [0.2, 0.25) is 0 Å². The molecule has 0 aromatic heterocycles. The van der Waals surface area contributed by atoms with Gasteiger partial charge in [0.15, 0.2) is 0 Å². The van der Waals surface area contributed by atoms with Crippen molar-refractivity contribution < 1.29 is 9.53 Å². The first-order valence-corrected chi connectivity index (χ1v) is 8.63. The zero-order valence-electron chi connectivity index (χ0n) is 14.5. The highest BCUT2D eigenvalue weighted by Gasteiger charge is 2.37. The van der Waals surface area contributed by atoms with E-state index in [0.29, 0.717) is 11.8 Å². The number of amides is 1. The molecular formula is C19H28N2O2. The Labute approximate surface area is 139 Å². The summed E-state index contributed by atoms with van der Waals surface area (Å²) in [6.45, 7) is 10.6. The molecule has 2 aliphatic rings. The maximum atomic E-state index is 12.3. The highest BCUT2D eigenvalue weighted by atomic mass is 16.6. The van der Waals surface area contributed by atoms with Gasteiger partial charge in [-0.3, -0.25) is 4.90 Å². The fourth-order valence-corrected chi connectivity index (χ4v) is 3.83. The van der Waals surface area contributed by atoms with Crippen LogP contribution in [0.3, 0.4) is 0 Å². The van der Waals surface area contributed by atoms with E-state index in [1.54, 1.807) is 0 Å². The van der Waals surface area contributed by atoms with E-state index < -0.39 is 5.60 Å². The molecule has 1 aromatic carbocycles. The second-order valence-electron chi connectivity index (χ2n) is 8.03. The molecule has 0 unspecified atom stereocenters. The van der Waals surface area contributed by atoms with Crippen LogP contribution in [-0.2, 0) is 11.3 Å². The van der Waals surface area contributed by atoms with Crippen LogP contribution in [0.4, 0.5) is 4.79 Å². The molecule has 126 valence electrons. The van der Waals surface area contributed by atoms with Crippen LogP contribution in [0.2, 0.25) is 0 Å². The van der Waals surface area contributed by atoms with Crippen molar-refractivity contribution in [2.75, 3.05) is 26.2 Å². The predicted octanol–water partition coefficient (Wildman–Crippen LogP) is 3.38. The second kappa shape index (κ2) is 6.52. The maximum Gasteiger partial charge on any atom is 0.410 e. The van der Waals surface area contributed by atoms with Crippen LogP contribution in [0.5, 0.6) is 0 Å². The van der Waals surface area contributed by atoms with Crippen molar-refractivity contribution in [3.63, 3.8) is 0 Å². The molecule has 2 atom stereocenters. The van der Waals surface area contributed by atoms with Crippen LogP contribution in [0.25, 0.3) is 0 Å². The summed E-state index contributed by atoms with van der Waals surface area (Å²) in [5.41, 5.74) is 0.958. The first kappa shape index (κ1) is 16.3. The number of fused-ring (bicyclic) bond motifs is 2. The van der Waals surface area contributed by atoms with Crippen molar-refractivity contribution in [1.29, 1.82) is 0 Å². The van der Waals surface area contributed by atoms with Gasteiger partial charge in [0.25, 0.3) is 0 Å². The molecule has 3 rings (SSSR count). The van der Waals surface area contributed by atoms with Crippen LogP contribution in [0.15, 0.2) is 30.3 Å². The number of likely N-dealkylation sites (tertiary alicyclic amines) is 2. The summed E-state index contributed by atoms with van der Waals surface area (Å²) in [6, 6.07) is 10.6. The molecular weight excluding hydrogens is 288 g/mol. The molecule has 0 aliphatic carbocycles. The first-order valence-electron chi connectivity index (χ1n) is 8.63. The average Bonchev–Trinajstić information content (AvgIpc) is 2.45. The summed E-state index contributed by atoms with van der Waals surface area (Å²) in [5, 5.41) is 0. The molecule has 2 aliphatic heterocycles. The van der Waals surface area contributed by atoms with Crippen LogP contribution in [0, 0.1) is 11.8 Å². The molecule has 4 nitrogen and oxygen atoms in total. The molecule has 0 saturated carbocycles. The minimum absolute atomic E-state index is 0.149. The Hall–Kier alpha value is -1.55. The highest BCUT2D eigenvalue weighted by Crippen LogP contribution is 2.30. The number of hydrogen-bond donors (Lipinski definition) is 0. The molecule has 4 heteroatoms. The number of ether oxygens (including phenoxy) is 1. The van der Waals surface area contributed by atoms with Gasteiger partial charge in [0.05, 0.1) is 0 Å². The third-order valence-corrected chi connectivity index (χ3v) is 4.56. The Morgan fingerprint density at radius 3 is 2.26 bits per heavy atom. The lowest BCUT2D eigenvalue weighted by Crippen LogP contribution is -2.54. The number of carbonyl (C=O) groups is 1. The average molecular weight is 316 g/mol. The van der Waals surface area contributed by atoms with Gasteiger partial charge in [-0.25, -0.2) is 4.79 Å². The van der Waals surface area contributed by atoms with E-state index in [1.165, 1.54) is 12.0 Å². The molecule has 2 fully saturated rings. The van der Waals surface area contributed by atoms with Crippen molar-refractivity contribution in [3.8, 4) is 0 Å². The van der Waals surface area contributed by atoms with Gasteiger partial charge < -0.3 is 9.64 Å². The smallest absolute Gasteiger partial charge is 0.410 e. The van der Waals surface area contributed by atoms with Gasteiger partial charge in [-0.15, -0.1) is 0 Å². The van der Waals surface area contributed by atoms with E-state index in [0.717, 1.165) is 32.7 Å². The third kappa shape index (κ3) is 4.47. The minimum Gasteiger partial charge on any atom is -0.444 e. The molecule has 2 heterocycles. The number of hydrogen-bond acceptors (Lipinski definition) is 3. The SMILES string of the molecule is CC(C)(C)OC(=O)N1C[C@@H]2C[C@@H](CN(Cc3ccccc3)C2)C1. The molecule has 2 bridgehead atoms. The number of rotatable bonds is 2. The van der Waals surface area contributed by atoms with Crippen molar-refractivity contribution in [2.24, 2.45) is 11.8 Å². The minimum atomic E-state index is -0.414. The predicted molar refractivity (Wildman–Crippen MR) is 91.1 cm³/mol. The van der Waals surface area contributed by atoms with Crippen LogP contribution >= 0.6 is 0 Å². The summed E-state index contributed by atoms with van der Waals surface area (Å²) in [6.07, 6.45) is 1.09. The van der Waals surface area contributed by atoms with Crippen LogP contribution in [-0.4, -0.2) is 47.7 Å². The zero-order valence-corrected chi connectivity index (χ0v) is 14.5. The van der Waals surface area contributed by atoms with Gasteiger partial charge in [-0.1, -0.05) is 30.3 Å². The highest BCUT2D eigenvalue weighted by molar-refractivity contribution is 5.68. The van der Waals surface area contributed by atoms with Crippen molar-refractivity contribution in [2.45, 2.75) is 39.3 Å². The topological polar surface area (TPSA) is 32.8 Å².